The Hall–Kier alpha value is -1.70. The Morgan fingerprint density at radius 1 is 1.20 bits per heavy atom. The van der Waals surface area contributed by atoms with Crippen molar-refractivity contribution in [1.29, 1.82) is 0 Å². The molecule has 0 fully saturated rings. The maximum absolute atomic E-state index is 12.0. The van der Waals surface area contributed by atoms with E-state index in [0.717, 1.165) is 16.1 Å². The third kappa shape index (κ3) is 6.26. The minimum Gasteiger partial charge on any atom is -0.325 e. The molecule has 0 heterocycles. The fraction of sp³-hybridized carbons (Fsp3) is 0.235. The summed E-state index contributed by atoms with van der Waals surface area (Å²) in [4.78, 5) is 12.0. The van der Waals surface area contributed by atoms with Gasteiger partial charge in [-0.3, -0.25) is 9.10 Å². The number of benzene rings is 2. The van der Waals surface area contributed by atoms with Crippen LogP contribution in [0.3, 0.4) is 0 Å². The molecule has 0 saturated carbocycles. The maximum atomic E-state index is 12.0. The number of carbonyl (C=O) groups excluding carboxylic acids is 1. The number of thioether (sulfide) groups is 1. The molecule has 0 aliphatic heterocycles. The molecule has 2 aromatic rings. The number of sulfonamides is 1. The molecular formula is C17H19ClN2O3S2. The summed E-state index contributed by atoms with van der Waals surface area (Å²) in [5.41, 5.74) is 2.15. The van der Waals surface area contributed by atoms with Crippen LogP contribution in [0.25, 0.3) is 0 Å². The first kappa shape index (κ1) is 19.6. The quantitative estimate of drug-likeness (QED) is 0.773. The van der Waals surface area contributed by atoms with Crippen LogP contribution in [0.5, 0.6) is 0 Å². The fourth-order valence-electron chi connectivity index (χ4n) is 2.01. The van der Waals surface area contributed by atoms with E-state index >= 15 is 0 Å². The Balaban J connectivity index is 1.89. The highest BCUT2D eigenvalue weighted by Crippen LogP contribution is 2.21. The third-order valence-electron chi connectivity index (χ3n) is 3.41. The van der Waals surface area contributed by atoms with Gasteiger partial charge in [-0.2, -0.15) is 0 Å². The van der Waals surface area contributed by atoms with Gasteiger partial charge in [0.2, 0.25) is 15.9 Å². The SMILES string of the molecule is CN(c1cccc(NC(=O)CSCc2ccc(Cl)cc2)c1)S(C)(=O)=O. The van der Waals surface area contributed by atoms with Crippen molar-refractivity contribution in [3.63, 3.8) is 0 Å². The summed E-state index contributed by atoms with van der Waals surface area (Å²) in [5, 5.41) is 3.47. The number of anilines is 2. The molecule has 25 heavy (non-hydrogen) atoms. The fourth-order valence-corrected chi connectivity index (χ4v) is 3.42. The van der Waals surface area contributed by atoms with Gasteiger partial charge in [-0.1, -0.05) is 29.8 Å². The van der Waals surface area contributed by atoms with Gasteiger partial charge >= 0.3 is 0 Å². The minimum absolute atomic E-state index is 0.141. The third-order valence-corrected chi connectivity index (χ3v) is 5.87. The van der Waals surface area contributed by atoms with Crippen LogP contribution >= 0.6 is 23.4 Å². The van der Waals surface area contributed by atoms with Gasteiger partial charge in [0.05, 0.1) is 17.7 Å². The molecule has 0 atom stereocenters. The number of amides is 1. The Kier molecular flexibility index (Phi) is 6.75. The summed E-state index contributed by atoms with van der Waals surface area (Å²) < 4.78 is 24.3. The zero-order valence-electron chi connectivity index (χ0n) is 13.9. The molecule has 0 aliphatic carbocycles. The van der Waals surface area contributed by atoms with Gasteiger partial charge in [0.15, 0.2) is 0 Å². The lowest BCUT2D eigenvalue weighted by atomic mass is 10.2. The lowest BCUT2D eigenvalue weighted by Crippen LogP contribution is -2.25. The van der Waals surface area contributed by atoms with Crippen LogP contribution in [0.15, 0.2) is 48.5 Å². The lowest BCUT2D eigenvalue weighted by Gasteiger charge is -2.17. The molecule has 1 amide bonds. The smallest absolute Gasteiger partial charge is 0.234 e. The van der Waals surface area contributed by atoms with Crippen LogP contribution in [0, 0.1) is 0 Å². The molecule has 5 nitrogen and oxygen atoms in total. The summed E-state index contributed by atoms with van der Waals surface area (Å²) in [6.45, 7) is 0. The van der Waals surface area contributed by atoms with Crippen molar-refractivity contribution in [3.8, 4) is 0 Å². The van der Waals surface area contributed by atoms with Crippen LogP contribution in [0.1, 0.15) is 5.56 Å². The van der Waals surface area contributed by atoms with Crippen molar-refractivity contribution in [2.24, 2.45) is 0 Å². The first-order chi connectivity index (χ1) is 11.8. The molecule has 0 spiro atoms. The monoisotopic (exact) mass is 398 g/mol. The molecule has 8 heteroatoms. The number of hydrogen-bond acceptors (Lipinski definition) is 4. The topological polar surface area (TPSA) is 66.5 Å². The van der Waals surface area contributed by atoms with E-state index in [1.54, 1.807) is 24.3 Å². The van der Waals surface area contributed by atoms with Crippen molar-refractivity contribution in [2.45, 2.75) is 5.75 Å². The molecule has 2 rings (SSSR count). The van der Waals surface area contributed by atoms with Gasteiger partial charge in [0, 0.05) is 23.5 Å². The van der Waals surface area contributed by atoms with Crippen LogP contribution < -0.4 is 9.62 Å². The number of hydrogen-bond donors (Lipinski definition) is 1. The molecule has 0 saturated heterocycles. The van der Waals surface area contributed by atoms with Crippen molar-refractivity contribution in [1.82, 2.24) is 0 Å². The van der Waals surface area contributed by atoms with Gasteiger partial charge in [0.25, 0.3) is 0 Å². The molecule has 0 aromatic heterocycles. The average Bonchev–Trinajstić information content (AvgIpc) is 2.55. The molecule has 1 N–H and O–H groups in total. The van der Waals surface area contributed by atoms with E-state index in [9.17, 15) is 13.2 Å². The van der Waals surface area contributed by atoms with Gasteiger partial charge in [0.1, 0.15) is 0 Å². The summed E-state index contributed by atoms with van der Waals surface area (Å²) in [6, 6.07) is 14.2. The second-order valence-corrected chi connectivity index (χ2v) is 8.88. The second kappa shape index (κ2) is 8.60. The van der Waals surface area contributed by atoms with Crippen LogP contribution in [0.2, 0.25) is 5.02 Å². The minimum atomic E-state index is -3.34. The highest BCUT2D eigenvalue weighted by atomic mass is 35.5. The predicted molar refractivity (Wildman–Crippen MR) is 106 cm³/mol. The van der Waals surface area contributed by atoms with E-state index in [1.807, 2.05) is 24.3 Å². The normalized spacial score (nSPS) is 11.2. The molecule has 0 bridgehead atoms. The molecule has 0 radical (unpaired) electrons. The number of halogens is 1. The number of carbonyl (C=O) groups is 1. The predicted octanol–water partition coefficient (Wildman–Crippen LogP) is 3.61. The van der Waals surface area contributed by atoms with E-state index in [0.29, 0.717) is 27.9 Å². The van der Waals surface area contributed by atoms with Gasteiger partial charge in [-0.15, -0.1) is 11.8 Å². The van der Waals surface area contributed by atoms with E-state index in [-0.39, 0.29) is 5.91 Å². The number of nitrogens with one attached hydrogen (secondary N) is 1. The van der Waals surface area contributed by atoms with E-state index in [4.69, 9.17) is 11.6 Å². The Morgan fingerprint density at radius 2 is 1.88 bits per heavy atom. The average molecular weight is 399 g/mol. The molecule has 0 unspecified atom stereocenters. The second-order valence-electron chi connectivity index (χ2n) is 5.45. The first-order valence-corrected chi connectivity index (χ1v) is 10.8. The summed E-state index contributed by atoms with van der Waals surface area (Å²) in [7, 11) is -1.87. The Labute approximate surface area is 157 Å². The highest BCUT2D eigenvalue weighted by Gasteiger charge is 2.12. The van der Waals surface area contributed by atoms with E-state index in [1.165, 1.54) is 18.8 Å². The zero-order chi connectivity index (χ0) is 18.4. The van der Waals surface area contributed by atoms with Crippen molar-refractivity contribution >= 4 is 50.7 Å². The van der Waals surface area contributed by atoms with Crippen molar-refractivity contribution in [3.05, 3.63) is 59.1 Å². The largest absolute Gasteiger partial charge is 0.325 e. The van der Waals surface area contributed by atoms with Gasteiger partial charge in [-0.05, 0) is 35.9 Å². The lowest BCUT2D eigenvalue weighted by molar-refractivity contribution is -0.113. The van der Waals surface area contributed by atoms with Gasteiger partial charge < -0.3 is 5.32 Å². The maximum Gasteiger partial charge on any atom is 0.234 e. The highest BCUT2D eigenvalue weighted by molar-refractivity contribution is 7.99. The molecule has 134 valence electrons. The molecule has 0 aliphatic rings. The van der Waals surface area contributed by atoms with E-state index < -0.39 is 10.0 Å². The Bertz CT molecular complexity index is 839. The first-order valence-electron chi connectivity index (χ1n) is 7.42. The van der Waals surface area contributed by atoms with Crippen molar-refractivity contribution in [2.75, 3.05) is 28.7 Å². The Morgan fingerprint density at radius 3 is 2.52 bits per heavy atom. The molecule has 2 aromatic carbocycles. The molecular weight excluding hydrogens is 380 g/mol. The van der Waals surface area contributed by atoms with Crippen LogP contribution in [-0.2, 0) is 20.6 Å². The standard InChI is InChI=1S/C17H19ClN2O3S2/c1-20(25(2,22)23)16-5-3-4-15(10-16)19-17(21)12-24-11-13-6-8-14(18)9-7-13/h3-10H,11-12H2,1-2H3,(H,19,21). The summed E-state index contributed by atoms with van der Waals surface area (Å²) >= 11 is 7.33. The van der Waals surface area contributed by atoms with Gasteiger partial charge in [-0.25, -0.2) is 8.42 Å². The summed E-state index contributed by atoms with van der Waals surface area (Å²) in [5.74, 6) is 0.870. The summed E-state index contributed by atoms with van der Waals surface area (Å²) in [6.07, 6.45) is 1.13. The van der Waals surface area contributed by atoms with Crippen LogP contribution in [0.4, 0.5) is 11.4 Å². The van der Waals surface area contributed by atoms with Crippen molar-refractivity contribution < 1.29 is 13.2 Å². The number of nitrogens with zero attached hydrogens (tertiary/aromatic N) is 1. The zero-order valence-corrected chi connectivity index (χ0v) is 16.3. The number of rotatable bonds is 7. The van der Waals surface area contributed by atoms with E-state index in [2.05, 4.69) is 5.32 Å². The van der Waals surface area contributed by atoms with Crippen LogP contribution in [-0.4, -0.2) is 33.4 Å².